The van der Waals surface area contributed by atoms with Gasteiger partial charge in [-0.25, -0.2) is 4.79 Å². The number of pyridine rings is 1. The number of carbonyl (C=O) groups excluding carboxylic acids is 1. The van der Waals surface area contributed by atoms with Gasteiger partial charge in [-0.15, -0.1) is 0 Å². The molecule has 0 aliphatic carbocycles. The molecule has 6 heteroatoms. The molecular formula is C30H27N3O3. The van der Waals surface area contributed by atoms with Crippen LogP contribution in [0.2, 0.25) is 0 Å². The zero-order valence-corrected chi connectivity index (χ0v) is 19.9. The number of nitrogens with zero attached hydrogens (tertiary/aromatic N) is 2. The van der Waals surface area contributed by atoms with Gasteiger partial charge in [-0.05, 0) is 77.1 Å². The van der Waals surface area contributed by atoms with Crippen LogP contribution in [-0.2, 0) is 19.5 Å². The summed E-state index contributed by atoms with van der Waals surface area (Å²) in [6.45, 7) is 2.17. The van der Waals surface area contributed by atoms with Crippen LogP contribution < -0.4 is 10.2 Å². The Hall–Kier alpha value is -4.45. The predicted octanol–water partition coefficient (Wildman–Crippen LogP) is 5.33. The highest BCUT2D eigenvalue weighted by atomic mass is 16.4. The summed E-state index contributed by atoms with van der Waals surface area (Å²) in [5.41, 5.74) is 7.09. The van der Waals surface area contributed by atoms with Gasteiger partial charge >= 0.3 is 5.97 Å². The first-order valence-electron chi connectivity index (χ1n) is 12.0. The molecule has 0 unspecified atom stereocenters. The maximum absolute atomic E-state index is 12.7. The average Bonchev–Trinajstić information content (AvgIpc) is 2.92. The van der Waals surface area contributed by atoms with E-state index in [1.807, 2.05) is 54.6 Å². The van der Waals surface area contributed by atoms with Crippen molar-refractivity contribution in [1.82, 2.24) is 10.3 Å². The summed E-state index contributed by atoms with van der Waals surface area (Å²) in [7, 11) is 0. The Morgan fingerprint density at radius 2 is 1.69 bits per heavy atom. The fourth-order valence-corrected chi connectivity index (χ4v) is 4.70. The van der Waals surface area contributed by atoms with Gasteiger partial charge in [-0.1, -0.05) is 42.5 Å². The molecule has 0 radical (unpaired) electrons. The highest BCUT2D eigenvalue weighted by molar-refractivity contribution is 5.96. The number of hydrogen-bond acceptors (Lipinski definition) is 4. The first kappa shape index (κ1) is 23.3. The Balaban J connectivity index is 1.28. The molecule has 0 bridgehead atoms. The largest absolute Gasteiger partial charge is 0.478 e. The molecule has 36 heavy (non-hydrogen) atoms. The second-order valence-corrected chi connectivity index (χ2v) is 8.95. The summed E-state index contributed by atoms with van der Waals surface area (Å²) in [6.07, 6.45) is 5.41. The van der Waals surface area contributed by atoms with Crippen LogP contribution in [0.1, 0.15) is 43.8 Å². The number of aryl methyl sites for hydroxylation is 1. The minimum absolute atomic E-state index is 0.0797. The fourth-order valence-electron chi connectivity index (χ4n) is 4.70. The van der Waals surface area contributed by atoms with Crippen molar-refractivity contribution in [1.29, 1.82) is 0 Å². The lowest BCUT2D eigenvalue weighted by molar-refractivity contribution is 0.0697. The number of hydrogen-bond donors (Lipinski definition) is 2. The van der Waals surface area contributed by atoms with Crippen LogP contribution in [-0.4, -0.2) is 28.5 Å². The van der Waals surface area contributed by atoms with Crippen LogP contribution in [0.3, 0.4) is 0 Å². The third-order valence-electron chi connectivity index (χ3n) is 6.55. The van der Waals surface area contributed by atoms with E-state index in [-0.39, 0.29) is 5.91 Å². The third-order valence-corrected chi connectivity index (χ3v) is 6.55. The molecule has 1 aliphatic heterocycles. The Kier molecular flexibility index (Phi) is 6.76. The topological polar surface area (TPSA) is 82.5 Å². The molecule has 3 aromatic carbocycles. The molecule has 6 nitrogen and oxygen atoms in total. The molecular weight excluding hydrogens is 450 g/mol. The second kappa shape index (κ2) is 10.4. The van der Waals surface area contributed by atoms with E-state index in [1.165, 1.54) is 5.56 Å². The van der Waals surface area contributed by atoms with Gasteiger partial charge in [0.2, 0.25) is 0 Å². The molecule has 0 spiro atoms. The fraction of sp³-hybridized carbons (Fsp3) is 0.167. The van der Waals surface area contributed by atoms with Crippen molar-refractivity contribution in [2.45, 2.75) is 25.9 Å². The molecule has 180 valence electrons. The Bertz CT molecular complexity index is 1380. The van der Waals surface area contributed by atoms with Crippen molar-refractivity contribution < 1.29 is 14.7 Å². The van der Waals surface area contributed by atoms with Crippen molar-refractivity contribution in [2.24, 2.45) is 0 Å². The number of carbonyl (C=O) groups is 2. The van der Waals surface area contributed by atoms with E-state index in [2.05, 4.69) is 27.3 Å². The number of benzene rings is 3. The van der Waals surface area contributed by atoms with Crippen LogP contribution in [0, 0.1) is 0 Å². The van der Waals surface area contributed by atoms with Crippen LogP contribution in [0.25, 0.3) is 11.1 Å². The van der Waals surface area contributed by atoms with Crippen molar-refractivity contribution in [2.75, 3.05) is 11.4 Å². The highest BCUT2D eigenvalue weighted by Crippen LogP contribution is 2.30. The molecule has 0 saturated carbocycles. The maximum atomic E-state index is 12.7. The summed E-state index contributed by atoms with van der Waals surface area (Å²) in [5.74, 6) is -1.01. The highest BCUT2D eigenvalue weighted by Gasteiger charge is 2.19. The van der Waals surface area contributed by atoms with Crippen molar-refractivity contribution >= 4 is 17.6 Å². The van der Waals surface area contributed by atoms with Gasteiger partial charge in [0, 0.05) is 43.3 Å². The van der Waals surface area contributed by atoms with Gasteiger partial charge in [0.15, 0.2) is 0 Å². The Morgan fingerprint density at radius 1 is 0.917 bits per heavy atom. The Morgan fingerprint density at radius 3 is 2.47 bits per heavy atom. The Labute approximate surface area is 210 Å². The number of nitrogens with one attached hydrogen (secondary N) is 1. The van der Waals surface area contributed by atoms with Crippen LogP contribution in [0.5, 0.6) is 0 Å². The normalized spacial score (nSPS) is 12.6. The number of aromatic nitrogens is 1. The minimum Gasteiger partial charge on any atom is -0.478 e. The zero-order valence-electron chi connectivity index (χ0n) is 19.9. The summed E-state index contributed by atoms with van der Waals surface area (Å²) < 4.78 is 0. The van der Waals surface area contributed by atoms with Gasteiger partial charge < -0.3 is 15.3 Å². The predicted molar refractivity (Wildman–Crippen MR) is 140 cm³/mol. The molecule has 0 saturated heterocycles. The van der Waals surface area contributed by atoms with Gasteiger partial charge in [-0.2, -0.15) is 0 Å². The number of rotatable bonds is 7. The van der Waals surface area contributed by atoms with Crippen molar-refractivity contribution in [3.63, 3.8) is 0 Å². The van der Waals surface area contributed by atoms with Gasteiger partial charge in [0.05, 0.1) is 5.56 Å². The number of carboxylic acids is 1. The molecule has 5 rings (SSSR count). The zero-order chi connectivity index (χ0) is 24.9. The van der Waals surface area contributed by atoms with Crippen molar-refractivity contribution in [3.8, 4) is 11.1 Å². The molecule has 1 amide bonds. The lowest BCUT2D eigenvalue weighted by Crippen LogP contribution is -2.29. The lowest BCUT2D eigenvalue weighted by Gasteiger charge is -2.31. The first-order chi connectivity index (χ1) is 17.6. The van der Waals surface area contributed by atoms with E-state index in [4.69, 9.17) is 0 Å². The molecule has 2 N–H and O–H groups in total. The van der Waals surface area contributed by atoms with E-state index >= 15 is 0 Å². The molecule has 1 aliphatic rings. The van der Waals surface area contributed by atoms with Crippen LogP contribution in [0.15, 0.2) is 91.3 Å². The molecule has 0 atom stereocenters. The van der Waals surface area contributed by atoms with E-state index in [0.717, 1.165) is 53.9 Å². The van der Waals surface area contributed by atoms with E-state index in [1.54, 1.807) is 24.5 Å². The lowest BCUT2D eigenvalue weighted by atomic mass is 9.97. The smallest absolute Gasteiger partial charge is 0.336 e. The van der Waals surface area contributed by atoms with E-state index < -0.39 is 5.97 Å². The second-order valence-electron chi connectivity index (χ2n) is 8.95. The third kappa shape index (κ3) is 5.13. The average molecular weight is 478 g/mol. The summed E-state index contributed by atoms with van der Waals surface area (Å²) in [6, 6.07) is 24.9. The first-order valence-corrected chi connectivity index (χ1v) is 12.0. The number of anilines is 1. The maximum Gasteiger partial charge on any atom is 0.336 e. The number of carboxylic acid groups (broad SMARTS) is 1. The summed E-state index contributed by atoms with van der Waals surface area (Å²) in [5, 5.41) is 12.5. The molecule has 4 aromatic rings. The van der Waals surface area contributed by atoms with Gasteiger partial charge in [0.25, 0.3) is 5.91 Å². The monoisotopic (exact) mass is 477 g/mol. The van der Waals surface area contributed by atoms with Crippen LogP contribution >= 0.6 is 0 Å². The quantitative estimate of drug-likeness (QED) is 0.376. The summed E-state index contributed by atoms with van der Waals surface area (Å²) >= 11 is 0. The van der Waals surface area contributed by atoms with Crippen molar-refractivity contribution in [3.05, 3.63) is 119 Å². The molecule has 1 aromatic heterocycles. The minimum atomic E-state index is -0.926. The number of fused-ring (bicyclic) bond motifs is 1. The molecule has 0 fully saturated rings. The SMILES string of the molecule is O=C(NCc1ccncc1)c1ccc2c(c1)CCCN2Cc1ccc(-c2ccccc2C(=O)O)cc1. The molecule has 2 heterocycles. The standard InChI is InChI=1S/C30H27N3O3/c34-29(32-19-21-13-15-31-16-14-21)25-11-12-28-24(18-25)4-3-17-33(28)20-22-7-9-23(10-8-22)26-5-1-2-6-27(26)30(35)36/h1-2,5-16,18H,3-4,17,19-20H2,(H,32,34)(H,35,36). The van der Waals surface area contributed by atoms with E-state index in [0.29, 0.717) is 17.7 Å². The van der Waals surface area contributed by atoms with E-state index in [9.17, 15) is 14.7 Å². The van der Waals surface area contributed by atoms with Gasteiger partial charge in [0.1, 0.15) is 0 Å². The summed E-state index contributed by atoms with van der Waals surface area (Å²) in [4.78, 5) is 30.6. The van der Waals surface area contributed by atoms with Crippen LogP contribution in [0.4, 0.5) is 5.69 Å². The number of amides is 1. The number of aromatic carboxylic acids is 1. The van der Waals surface area contributed by atoms with Gasteiger partial charge in [-0.3, -0.25) is 9.78 Å².